The first-order chi connectivity index (χ1) is 11.9. The van der Waals surface area contributed by atoms with Crippen molar-refractivity contribution in [3.63, 3.8) is 0 Å². The molecule has 3 aromatic rings. The summed E-state index contributed by atoms with van der Waals surface area (Å²) in [5.74, 6) is 0.391. The van der Waals surface area contributed by atoms with E-state index in [1.807, 2.05) is 42.5 Å². The molecule has 2 aromatic carbocycles. The van der Waals surface area contributed by atoms with Crippen LogP contribution in [0.4, 0.5) is 0 Å². The molecule has 3 rings (SSSR count). The van der Waals surface area contributed by atoms with Gasteiger partial charge in [0.2, 0.25) is 0 Å². The van der Waals surface area contributed by atoms with Gasteiger partial charge in [0.05, 0.1) is 11.4 Å². The Morgan fingerprint density at radius 3 is 2.32 bits per heavy atom. The highest BCUT2D eigenvalue weighted by molar-refractivity contribution is 7.99. The zero-order valence-corrected chi connectivity index (χ0v) is 15.8. The van der Waals surface area contributed by atoms with Crippen LogP contribution in [-0.2, 0) is 15.6 Å². The van der Waals surface area contributed by atoms with E-state index < -0.39 is 9.84 Å². The number of halogens is 1. The van der Waals surface area contributed by atoms with Crippen LogP contribution < -0.4 is 0 Å². The average Bonchev–Trinajstić information content (AvgIpc) is 2.56. The van der Waals surface area contributed by atoms with Crippen LogP contribution in [0.1, 0.15) is 5.69 Å². The summed E-state index contributed by atoms with van der Waals surface area (Å²) in [7, 11) is -3.19. The first-order valence-electron chi connectivity index (χ1n) is 7.43. The predicted molar refractivity (Wildman–Crippen MR) is 102 cm³/mol. The monoisotopic (exact) mass is 390 g/mol. The summed E-state index contributed by atoms with van der Waals surface area (Å²) < 4.78 is 23.3. The van der Waals surface area contributed by atoms with E-state index in [1.165, 1.54) is 18.0 Å². The maximum absolute atomic E-state index is 11.7. The summed E-state index contributed by atoms with van der Waals surface area (Å²) in [6.07, 6.45) is 1.20. The van der Waals surface area contributed by atoms with Crippen LogP contribution in [0.15, 0.2) is 70.6 Å². The predicted octanol–water partition coefficient (Wildman–Crippen LogP) is 4.49. The molecule has 0 aliphatic rings. The number of hydrogen-bond acceptors (Lipinski definition) is 5. The van der Waals surface area contributed by atoms with Crippen LogP contribution in [-0.4, -0.2) is 24.6 Å². The fraction of sp³-hybridized carbons (Fsp3) is 0.111. The van der Waals surface area contributed by atoms with Gasteiger partial charge in [0.15, 0.2) is 15.7 Å². The lowest BCUT2D eigenvalue weighted by Crippen LogP contribution is -2.05. The molecule has 128 valence electrons. The first-order valence-corrected chi connectivity index (χ1v) is 10.7. The number of benzene rings is 2. The second kappa shape index (κ2) is 7.56. The van der Waals surface area contributed by atoms with E-state index in [4.69, 9.17) is 11.6 Å². The van der Waals surface area contributed by atoms with Crippen molar-refractivity contribution in [2.45, 2.75) is 15.7 Å². The summed E-state index contributed by atoms with van der Waals surface area (Å²) in [5, 5.41) is 1.35. The number of aromatic nitrogens is 2. The molecule has 0 bridgehead atoms. The zero-order valence-electron chi connectivity index (χ0n) is 13.4. The van der Waals surface area contributed by atoms with Crippen molar-refractivity contribution in [2.75, 3.05) is 6.26 Å². The first kappa shape index (κ1) is 17.9. The van der Waals surface area contributed by atoms with E-state index in [0.717, 1.165) is 10.5 Å². The number of sulfone groups is 1. The van der Waals surface area contributed by atoms with Crippen molar-refractivity contribution in [1.82, 2.24) is 9.97 Å². The minimum atomic E-state index is -3.19. The number of rotatable bonds is 5. The molecule has 0 unspecified atom stereocenters. The number of hydrogen-bond donors (Lipinski definition) is 0. The van der Waals surface area contributed by atoms with Gasteiger partial charge < -0.3 is 0 Å². The summed E-state index contributed by atoms with van der Waals surface area (Å²) in [6.45, 7) is 0. The molecule has 25 heavy (non-hydrogen) atoms. The molecule has 0 aliphatic heterocycles. The van der Waals surface area contributed by atoms with Crippen LogP contribution in [0, 0.1) is 0 Å². The summed E-state index contributed by atoms with van der Waals surface area (Å²) >= 11 is 7.36. The van der Waals surface area contributed by atoms with Gasteiger partial charge in [-0.25, -0.2) is 18.4 Å². The molecule has 0 atom stereocenters. The third kappa shape index (κ3) is 5.29. The van der Waals surface area contributed by atoms with E-state index in [1.54, 1.807) is 18.2 Å². The highest BCUT2D eigenvalue weighted by Gasteiger charge is 2.12. The highest BCUT2D eigenvalue weighted by atomic mass is 35.5. The molecule has 0 spiro atoms. The van der Waals surface area contributed by atoms with Gasteiger partial charge in [-0.1, -0.05) is 53.7 Å². The fourth-order valence-electron chi connectivity index (χ4n) is 2.21. The zero-order chi connectivity index (χ0) is 17.9. The van der Waals surface area contributed by atoms with Gasteiger partial charge in [0, 0.05) is 21.7 Å². The van der Waals surface area contributed by atoms with Gasteiger partial charge in [-0.3, -0.25) is 0 Å². The molecule has 0 radical (unpaired) electrons. The topological polar surface area (TPSA) is 59.9 Å². The third-order valence-electron chi connectivity index (χ3n) is 3.23. The normalized spacial score (nSPS) is 11.4. The van der Waals surface area contributed by atoms with Gasteiger partial charge in [0.1, 0.15) is 5.03 Å². The Bertz CT molecular complexity index is 976. The highest BCUT2D eigenvalue weighted by Crippen LogP contribution is 2.29. The van der Waals surface area contributed by atoms with Crippen molar-refractivity contribution < 1.29 is 8.42 Å². The Morgan fingerprint density at radius 1 is 1.00 bits per heavy atom. The number of nitrogens with zero attached hydrogens (tertiary/aromatic N) is 2. The average molecular weight is 391 g/mol. The maximum Gasteiger partial charge on any atom is 0.160 e. The smallest absolute Gasteiger partial charge is 0.160 e. The summed E-state index contributed by atoms with van der Waals surface area (Å²) in [6, 6.07) is 18.6. The Labute approximate surface area is 156 Å². The van der Waals surface area contributed by atoms with Crippen LogP contribution in [0.2, 0.25) is 5.02 Å². The van der Waals surface area contributed by atoms with Gasteiger partial charge in [-0.15, -0.1) is 0 Å². The summed E-state index contributed by atoms with van der Waals surface area (Å²) in [5.41, 5.74) is 1.32. The molecule has 0 fully saturated rings. The van der Waals surface area contributed by atoms with Crippen LogP contribution in [0.25, 0.3) is 11.4 Å². The standard InChI is InChI=1S/C18H15ClN2O2S2/c1-25(22,23)12-15-11-17(24-16-9-7-14(19)8-10-16)21-18(20-15)13-5-3-2-4-6-13/h2-11H,12H2,1H3. The molecule has 1 aromatic heterocycles. The Hall–Kier alpha value is -1.89. The quantitative estimate of drug-likeness (QED) is 0.600. The largest absolute Gasteiger partial charge is 0.232 e. The van der Waals surface area contributed by atoms with Crippen molar-refractivity contribution in [2.24, 2.45) is 0 Å². The van der Waals surface area contributed by atoms with Gasteiger partial charge in [-0.2, -0.15) is 0 Å². The van der Waals surface area contributed by atoms with Crippen molar-refractivity contribution in [3.8, 4) is 11.4 Å². The molecule has 0 saturated carbocycles. The molecule has 4 nitrogen and oxygen atoms in total. The minimum Gasteiger partial charge on any atom is -0.232 e. The fourth-order valence-corrected chi connectivity index (χ4v) is 3.86. The van der Waals surface area contributed by atoms with Crippen LogP contribution in [0.5, 0.6) is 0 Å². The van der Waals surface area contributed by atoms with E-state index >= 15 is 0 Å². The van der Waals surface area contributed by atoms with Crippen molar-refractivity contribution in [3.05, 3.63) is 71.4 Å². The molecule has 0 saturated heterocycles. The molecule has 0 amide bonds. The second-order valence-electron chi connectivity index (χ2n) is 5.51. The van der Waals surface area contributed by atoms with Gasteiger partial charge >= 0.3 is 0 Å². The van der Waals surface area contributed by atoms with Crippen LogP contribution >= 0.6 is 23.4 Å². The SMILES string of the molecule is CS(=O)(=O)Cc1cc(Sc2ccc(Cl)cc2)nc(-c2ccccc2)n1. The van der Waals surface area contributed by atoms with E-state index in [9.17, 15) is 8.42 Å². The molecule has 1 heterocycles. The minimum absolute atomic E-state index is 0.121. The van der Waals surface area contributed by atoms with Crippen molar-refractivity contribution in [1.29, 1.82) is 0 Å². The maximum atomic E-state index is 11.7. The lowest BCUT2D eigenvalue weighted by molar-refractivity contribution is 0.600. The molecular formula is C18H15ClN2O2S2. The van der Waals surface area contributed by atoms with Gasteiger partial charge in [0.25, 0.3) is 0 Å². The Morgan fingerprint density at radius 2 is 1.68 bits per heavy atom. The molecular weight excluding hydrogens is 376 g/mol. The lowest BCUT2D eigenvalue weighted by Gasteiger charge is -2.08. The Balaban J connectivity index is 2.01. The van der Waals surface area contributed by atoms with E-state index in [2.05, 4.69) is 9.97 Å². The van der Waals surface area contributed by atoms with Crippen molar-refractivity contribution >= 4 is 33.2 Å². The second-order valence-corrected chi connectivity index (χ2v) is 9.18. The lowest BCUT2D eigenvalue weighted by atomic mass is 10.2. The third-order valence-corrected chi connectivity index (χ3v) is 5.23. The van der Waals surface area contributed by atoms with E-state index in [0.29, 0.717) is 21.6 Å². The Kier molecular flexibility index (Phi) is 5.42. The van der Waals surface area contributed by atoms with Crippen LogP contribution in [0.3, 0.4) is 0 Å². The molecule has 7 heteroatoms. The summed E-state index contributed by atoms with van der Waals surface area (Å²) in [4.78, 5) is 9.96. The van der Waals surface area contributed by atoms with Gasteiger partial charge in [-0.05, 0) is 30.3 Å². The molecule has 0 N–H and O–H groups in total. The molecule has 0 aliphatic carbocycles. The van der Waals surface area contributed by atoms with E-state index in [-0.39, 0.29) is 5.75 Å².